The Morgan fingerprint density at radius 3 is 2.41 bits per heavy atom. The van der Waals surface area contributed by atoms with Gasteiger partial charge in [-0.2, -0.15) is 4.68 Å². The van der Waals surface area contributed by atoms with Crippen LogP contribution in [0.4, 0.5) is 0 Å². The molecule has 0 fully saturated rings. The highest BCUT2D eigenvalue weighted by molar-refractivity contribution is 7.99. The Balaban J connectivity index is 1.71. The number of hydrogen-bond acceptors (Lipinski definition) is 6. The maximum absolute atomic E-state index is 13.0. The molecule has 0 N–H and O–H groups in total. The number of amides is 1. The molecule has 0 aliphatic carbocycles. The van der Waals surface area contributed by atoms with Gasteiger partial charge in [-0.3, -0.25) is 4.79 Å². The summed E-state index contributed by atoms with van der Waals surface area (Å²) in [6.07, 6.45) is 0. The van der Waals surface area contributed by atoms with Crippen LogP contribution >= 0.6 is 11.8 Å². The number of hydrogen-bond donors (Lipinski definition) is 0. The van der Waals surface area contributed by atoms with Gasteiger partial charge in [0.2, 0.25) is 11.1 Å². The molecular weight excluding hydrogens is 386 g/mol. The van der Waals surface area contributed by atoms with Crippen LogP contribution in [0, 0.1) is 0 Å². The molecule has 0 saturated heterocycles. The summed E-state index contributed by atoms with van der Waals surface area (Å²) < 4.78 is 6.81. The number of methoxy groups -OCH3 is 1. The van der Waals surface area contributed by atoms with E-state index in [1.54, 1.807) is 11.8 Å². The molecule has 3 aromatic rings. The number of tetrazole rings is 1. The van der Waals surface area contributed by atoms with E-state index >= 15 is 0 Å². The van der Waals surface area contributed by atoms with Gasteiger partial charge in [-0.1, -0.05) is 42.1 Å². The van der Waals surface area contributed by atoms with Gasteiger partial charge in [0.15, 0.2) is 0 Å². The fraction of sp³-hybridized carbons (Fsp3) is 0.333. The largest absolute Gasteiger partial charge is 0.497 e. The number of ether oxygens (including phenoxy) is 1. The van der Waals surface area contributed by atoms with Crippen LogP contribution in [0.2, 0.25) is 0 Å². The quantitative estimate of drug-likeness (QED) is 0.553. The molecule has 0 aliphatic rings. The van der Waals surface area contributed by atoms with Crippen molar-refractivity contribution in [3.05, 3.63) is 60.2 Å². The number of carbonyl (C=O) groups excluding carboxylic acids is 1. The maximum Gasteiger partial charge on any atom is 0.233 e. The third-order valence-electron chi connectivity index (χ3n) is 4.38. The van der Waals surface area contributed by atoms with Gasteiger partial charge in [0, 0.05) is 12.1 Å². The molecule has 0 radical (unpaired) electrons. The molecule has 0 bridgehead atoms. The predicted molar refractivity (Wildman–Crippen MR) is 113 cm³/mol. The van der Waals surface area contributed by atoms with Crippen LogP contribution in [0.1, 0.15) is 26.3 Å². The van der Waals surface area contributed by atoms with E-state index in [0.29, 0.717) is 11.7 Å². The Morgan fingerprint density at radius 2 is 1.79 bits per heavy atom. The Kier molecular flexibility index (Phi) is 6.53. The third-order valence-corrected chi connectivity index (χ3v) is 5.28. The minimum absolute atomic E-state index is 0.0376. The van der Waals surface area contributed by atoms with E-state index in [-0.39, 0.29) is 17.2 Å². The van der Waals surface area contributed by atoms with Crippen molar-refractivity contribution < 1.29 is 9.53 Å². The molecule has 7 nitrogen and oxygen atoms in total. The molecule has 29 heavy (non-hydrogen) atoms. The van der Waals surface area contributed by atoms with Crippen LogP contribution in [0.5, 0.6) is 5.75 Å². The van der Waals surface area contributed by atoms with E-state index in [2.05, 4.69) is 15.5 Å². The van der Waals surface area contributed by atoms with Crippen LogP contribution in [-0.4, -0.2) is 49.4 Å². The molecule has 0 atom stereocenters. The van der Waals surface area contributed by atoms with Crippen LogP contribution in [0.15, 0.2) is 59.8 Å². The zero-order valence-electron chi connectivity index (χ0n) is 17.1. The van der Waals surface area contributed by atoms with Crippen molar-refractivity contribution in [3.8, 4) is 11.4 Å². The SMILES string of the molecule is COc1ccc(-n2nnnc2SCC(=O)N(Cc2ccccc2)C(C)(C)C)cc1. The highest BCUT2D eigenvalue weighted by atomic mass is 32.2. The number of thioether (sulfide) groups is 1. The maximum atomic E-state index is 13.0. The van der Waals surface area contributed by atoms with Gasteiger partial charge >= 0.3 is 0 Å². The van der Waals surface area contributed by atoms with Gasteiger partial charge in [-0.25, -0.2) is 0 Å². The molecule has 1 heterocycles. The average Bonchev–Trinajstić information content (AvgIpc) is 3.19. The minimum atomic E-state index is -0.296. The van der Waals surface area contributed by atoms with E-state index in [1.807, 2.05) is 80.3 Å². The summed E-state index contributed by atoms with van der Waals surface area (Å²) in [7, 11) is 1.62. The molecule has 0 spiro atoms. The monoisotopic (exact) mass is 411 g/mol. The number of carbonyl (C=O) groups is 1. The summed E-state index contributed by atoms with van der Waals surface area (Å²) in [6.45, 7) is 6.69. The summed E-state index contributed by atoms with van der Waals surface area (Å²) in [4.78, 5) is 14.9. The second kappa shape index (κ2) is 9.09. The van der Waals surface area contributed by atoms with Crippen molar-refractivity contribution >= 4 is 17.7 Å². The van der Waals surface area contributed by atoms with Crippen LogP contribution in [0.25, 0.3) is 5.69 Å². The van der Waals surface area contributed by atoms with Crippen molar-refractivity contribution in [2.75, 3.05) is 12.9 Å². The number of benzene rings is 2. The fourth-order valence-electron chi connectivity index (χ4n) is 2.82. The average molecular weight is 412 g/mol. The number of nitrogens with zero attached hydrogens (tertiary/aromatic N) is 5. The second-order valence-corrected chi connectivity index (χ2v) is 8.44. The summed E-state index contributed by atoms with van der Waals surface area (Å²) in [5.41, 5.74) is 1.61. The first-order valence-corrected chi connectivity index (χ1v) is 10.3. The summed E-state index contributed by atoms with van der Waals surface area (Å²) >= 11 is 1.33. The van der Waals surface area contributed by atoms with E-state index in [9.17, 15) is 4.79 Å². The number of rotatable bonds is 7. The van der Waals surface area contributed by atoms with Crippen molar-refractivity contribution in [1.82, 2.24) is 25.1 Å². The lowest BCUT2D eigenvalue weighted by atomic mass is 10.0. The normalized spacial score (nSPS) is 11.3. The molecule has 0 aliphatic heterocycles. The zero-order valence-corrected chi connectivity index (χ0v) is 17.9. The van der Waals surface area contributed by atoms with Crippen LogP contribution in [0.3, 0.4) is 0 Å². The molecule has 152 valence electrons. The molecule has 8 heteroatoms. The Hall–Kier alpha value is -2.87. The van der Waals surface area contributed by atoms with E-state index in [4.69, 9.17) is 4.74 Å². The van der Waals surface area contributed by atoms with Gasteiger partial charge in [0.1, 0.15) is 5.75 Å². The Morgan fingerprint density at radius 1 is 1.10 bits per heavy atom. The first kappa shape index (κ1) is 20.9. The lowest BCUT2D eigenvalue weighted by Gasteiger charge is -2.36. The summed E-state index contributed by atoms with van der Waals surface area (Å²) in [5.74, 6) is 1.05. The van der Waals surface area contributed by atoms with Crippen molar-refractivity contribution in [2.45, 2.75) is 38.0 Å². The first-order valence-electron chi connectivity index (χ1n) is 9.28. The summed E-state index contributed by atoms with van der Waals surface area (Å²) in [6, 6.07) is 17.4. The van der Waals surface area contributed by atoms with Gasteiger partial charge in [0.05, 0.1) is 18.6 Å². The zero-order chi connectivity index (χ0) is 20.9. The van der Waals surface area contributed by atoms with Crippen LogP contribution in [-0.2, 0) is 11.3 Å². The van der Waals surface area contributed by atoms with E-state index < -0.39 is 0 Å². The number of aromatic nitrogens is 4. The van der Waals surface area contributed by atoms with Gasteiger partial charge in [0.25, 0.3) is 0 Å². The molecule has 2 aromatic carbocycles. The highest BCUT2D eigenvalue weighted by Crippen LogP contribution is 2.23. The topological polar surface area (TPSA) is 73.1 Å². The van der Waals surface area contributed by atoms with E-state index in [1.165, 1.54) is 11.8 Å². The minimum Gasteiger partial charge on any atom is -0.497 e. The van der Waals surface area contributed by atoms with Gasteiger partial charge < -0.3 is 9.64 Å². The fourth-order valence-corrected chi connectivity index (χ4v) is 3.59. The molecular formula is C21H25N5O2S. The van der Waals surface area contributed by atoms with E-state index in [0.717, 1.165) is 17.0 Å². The van der Waals surface area contributed by atoms with Crippen LogP contribution < -0.4 is 4.74 Å². The molecule has 3 rings (SSSR count). The second-order valence-electron chi connectivity index (χ2n) is 7.50. The highest BCUT2D eigenvalue weighted by Gasteiger charge is 2.27. The molecule has 0 saturated carbocycles. The van der Waals surface area contributed by atoms with Gasteiger partial charge in [-0.15, -0.1) is 5.10 Å². The predicted octanol–water partition coefficient (Wildman–Crippen LogP) is 3.59. The molecule has 1 aromatic heterocycles. The third kappa shape index (κ3) is 5.35. The van der Waals surface area contributed by atoms with Gasteiger partial charge in [-0.05, 0) is 61.0 Å². The summed E-state index contributed by atoms with van der Waals surface area (Å²) in [5, 5.41) is 12.5. The molecule has 1 amide bonds. The van der Waals surface area contributed by atoms with Crippen molar-refractivity contribution in [3.63, 3.8) is 0 Å². The standard InChI is InChI=1S/C21H25N5O2S/c1-21(2,3)25(14-16-8-6-5-7-9-16)19(27)15-29-20-22-23-24-26(20)17-10-12-18(28-4)13-11-17/h5-13H,14-15H2,1-4H3. The van der Waals surface area contributed by atoms with Crippen molar-refractivity contribution in [2.24, 2.45) is 0 Å². The first-order chi connectivity index (χ1) is 13.9. The Labute approximate surface area is 175 Å². The Bertz CT molecular complexity index is 936. The lowest BCUT2D eigenvalue weighted by Crippen LogP contribution is -2.45. The van der Waals surface area contributed by atoms with Crippen molar-refractivity contribution in [1.29, 1.82) is 0 Å². The molecule has 0 unspecified atom stereocenters. The smallest absolute Gasteiger partial charge is 0.233 e. The lowest BCUT2D eigenvalue weighted by molar-refractivity contribution is -0.133.